The highest BCUT2D eigenvalue weighted by Crippen LogP contribution is 2.50. The summed E-state index contributed by atoms with van der Waals surface area (Å²) in [6.45, 7) is -5.22. The number of nitrogens with zero attached hydrogens (tertiary/aromatic N) is 2. The van der Waals surface area contributed by atoms with Crippen LogP contribution in [0.5, 0.6) is 5.88 Å². The minimum absolute atomic E-state index is 0.411. The third-order valence-electron chi connectivity index (χ3n) is 2.69. The van der Waals surface area contributed by atoms with Crippen LogP contribution in [0.3, 0.4) is 0 Å². The number of hydrogen-bond acceptors (Lipinski definition) is 7. The Labute approximate surface area is 152 Å². The van der Waals surface area contributed by atoms with Gasteiger partial charge in [0.05, 0.1) is 26.5 Å². The smallest absolute Gasteiger partial charge is 0.412 e. The van der Waals surface area contributed by atoms with Gasteiger partial charge in [-0.1, -0.05) is 0 Å². The van der Waals surface area contributed by atoms with Crippen LogP contribution in [0.15, 0.2) is 11.0 Å². The Hall–Kier alpha value is -1.70. The van der Waals surface area contributed by atoms with E-state index in [1.165, 1.54) is 0 Å². The summed E-state index contributed by atoms with van der Waals surface area (Å²) in [6, 6.07) is 0. The van der Waals surface area contributed by atoms with E-state index in [-0.39, 0.29) is 0 Å². The molecule has 0 aliphatic carbocycles. The second-order valence-corrected chi connectivity index (χ2v) is 7.00. The van der Waals surface area contributed by atoms with Crippen LogP contribution in [0, 0.1) is 5.82 Å². The molecule has 0 aliphatic heterocycles. The first-order chi connectivity index (χ1) is 12.7. The molecule has 0 spiro atoms. The van der Waals surface area contributed by atoms with E-state index in [0.717, 1.165) is 7.11 Å². The van der Waals surface area contributed by atoms with Crippen LogP contribution in [0.2, 0.25) is 0 Å². The van der Waals surface area contributed by atoms with E-state index in [0.29, 0.717) is 10.8 Å². The quantitative estimate of drug-likeness (QED) is 0.310. The van der Waals surface area contributed by atoms with Crippen LogP contribution in [0.1, 0.15) is 0 Å². The maximum Gasteiger partial charge on any atom is 0.412 e. The SMILES string of the molecule is COc1nc(=O)n(CCOCP(=O)(OCC(F)(F)F)OCC(F)(F)F)cc1F. The molecule has 0 amide bonds. The van der Waals surface area contributed by atoms with E-state index in [4.69, 9.17) is 4.74 Å². The molecule has 0 saturated carbocycles. The summed E-state index contributed by atoms with van der Waals surface area (Å²) in [5.74, 6) is -1.58. The Bertz CT molecular complexity index is 729. The Kier molecular flexibility index (Phi) is 8.41. The Morgan fingerprint density at radius 2 is 1.64 bits per heavy atom. The van der Waals surface area contributed by atoms with Crippen LogP contribution < -0.4 is 10.4 Å². The highest BCUT2D eigenvalue weighted by Gasteiger charge is 2.38. The fraction of sp³-hybridized carbons (Fsp3) is 0.667. The van der Waals surface area contributed by atoms with Gasteiger partial charge in [0, 0.05) is 0 Å². The van der Waals surface area contributed by atoms with E-state index >= 15 is 0 Å². The van der Waals surface area contributed by atoms with Gasteiger partial charge >= 0.3 is 25.6 Å². The third-order valence-corrected chi connectivity index (χ3v) is 4.23. The molecule has 0 N–H and O–H groups in total. The first-order valence-corrected chi connectivity index (χ1v) is 8.88. The molecule has 0 bridgehead atoms. The average Bonchev–Trinajstić information content (AvgIpc) is 2.56. The number of methoxy groups -OCH3 is 1. The van der Waals surface area contributed by atoms with Crippen molar-refractivity contribution in [2.45, 2.75) is 18.9 Å². The minimum atomic E-state index is -4.98. The number of hydrogen-bond donors (Lipinski definition) is 0. The largest absolute Gasteiger partial charge is 0.479 e. The van der Waals surface area contributed by atoms with Crippen molar-refractivity contribution in [3.63, 3.8) is 0 Å². The summed E-state index contributed by atoms with van der Waals surface area (Å²) in [6.07, 6.45) is -10.5. The molecular weight excluding hydrogens is 432 g/mol. The lowest BCUT2D eigenvalue weighted by molar-refractivity contribution is -0.166. The molecule has 0 atom stereocenters. The molecular formula is C12H14F7N2O6P. The fourth-order valence-electron chi connectivity index (χ4n) is 1.55. The van der Waals surface area contributed by atoms with Crippen LogP contribution >= 0.6 is 7.60 Å². The first kappa shape index (κ1) is 24.3. The monoisotopic (exact) mass is 446 g/mol. The first-order valence-electron chi connectivity index (χ1n) is 7.15. The number of rotatable bonds is 10. The Morgan fingerprint density at radius 3 is 2.11 bits per heavy atom. The maximum atomic E-state index is 13.5. The van der Waals surface area contributed by atoms with Crippen LogP contribution in [0.4, 0.5) is 30.7 Å². The summed E-state index contributed by atoms with van der Waals surface area (Å²) in [4.78, 5) is 14.8. The van der Waals surface area contributed by atoms with Gasteiger partial charge in [0.25, 0.3) is 5.88 Å². The van der Waals surface area contributed by atoms with Crippen molar-refractivity contribution in [2.24, 2.45) is 0 Å². The van der Waals surface area contributed by atoms with Crippen molar-refractivity contribution in [3.05, 3.63) is 22.5 Å². The average molecular weight is 446 g/mol. The topological polar surface area (TPSA) is 88.9 Å². The lowest BCUT2D eigenvalue weighted by atomic mass is 10.5. The van der Waals surface area contributed by atoms with Gasteiger partial charge in [0.15, 0.2) is 13.2 Å². The van der Waals surface area contributed by atoms with Gasteiger partial charge < -0.3 is 9.47 Å². The van der Waals surface area contributed by atoms with Crippen molar-refractivity contribution < 1.29 is 53.8 Å². The van der Waals surface area contributed by atoms with E-state index in [9.17, 15) is 40.1 Å². The fourth-order valence-corrected chi connectivity index (χ4v) is 2.81. The summed E-state index contributed by atoms with van der Waals surface area (Å²) in [5.41, 5.74) is -0.966. The van der Waals surface area contributed by atoms with E-state index < -0.39 is 70.0 Å². The summed E-state index contributed by atoms with van der Waals surface area (Å²) in [5, 5.41) is 0. The van der Waals surface area contributed by atoms with Gasteiger partial charge in [-0.25, -0.2) is 4.79 Å². The summed E-state index contributed by atoms with van der Waals surface area (Å²) >= 11 is 0. The van der Waals surface area contributed by atoms with Crippen molar-refractivity contribution in [1.82, 2.24) is 9.55 Å². The molecule has 8 nitrogen and oxygen atoms in total. The molecule has 1 rings (SSSR count). The van der Waals surface area contributed by atoms with Crippen molar-refractivity contribution in [1.29, 1.82) is 0 Å². The molecule has 0 saturated heterocycles. The molecule has 1 heterocycles. The number of aromatic nitrogens is 2. The minimum Gasteiger partial charge on any atom is -0.479 e. The van der Waals surface area contributed by atoms with E-state index in [1.54, 1.807) is 0 Å². The zero-order valence-corrected chi connectivity index (χ0v) is 14.9. The van der Waals surface area contributed by atoms with Crippen LogP contribution in [-0.2, 0) is 24.9 Å². The standard InChI is InChI=1S/C12H14F7N2O6P/c1-24-9-8(13)4-21(10(22)20-9)2-3-25-7-28(23,26-5-11(14,15)16)27-6-12(17,18)19/h4H,2-3,5-7H2,1H3. The van der Waals surface area contributed by atoms with Gasteiger partial charge in [-0.3, -0.25) is 18.2 Å². The van der Waals surface area contributed by atoms with Crippen molar-refractivity contribution >= 4 is 7.60 Å². The van der Waals surface area contributed by atoms with Gasteiger partial charge in [-0.15, -0.1) is 0 Å². The number of alkyl halides is 6. The number of halogens is 7. The normalized spacial score (nSPS) is 13.0. The van der Waals surface area contributed by atoms with Crippen molar-refractivity contribution in [2.75, 3.05) is 33.3 Å². The number of ether oxygens (including phenoxy) is 2. The molecule has 0 fully saturated rings. The molecule has 0 aliphatic rings. The molecule has 0 unspecified atom stereocenters. The highest BCUT2D eigenvalue weighted by atomic mass is 31.2. The Morgan fingerprint density at radius 1 is 1.11 bits per heavy atom. The molecule has 1 aromatic rings. The predicted octanol–water partition coefficient (Wildman–Crippen LogP) is 2.72. The highest BCUT2D eigenvalue weighted by molar-refractivity contribution is 7.53. The zero-order valence-electron chi connectivity index (χ0n) is 14.0. The van der Waals surface area contributed by atoms with Crippen LogP contribution in [-0.4, -0.2) is 55.2 Å². The second kappa shape index (κ2) is 9.67. The Balaban J connectivity index is 2.68. The van der Waals surface area contributed by atoms with E-state index in [1.807, 2.05) is 0 Å². The zero-order chi connectivity index (χ0) is 21.6. The molecule has 0 aromatic carbocycles. The van der Waals surface area contributed by atoms with E-state index in [2.05, 4.69) is 18.8 Å². The third kappa shape index (κ3) is 8.99. The lowest BCUT2D eigenvalue weighted by Gasteiger charge is -2.20. The van der Waals surface area contributed by atoms with Gasteiger partial charge in [0.2, 0.25) is 5.82 Å². The van der Waals surface area contributed by atoms with Crippen LogP contribution in [0.25, 0.3) is 0 Å². The van der Waals surface area contributed by atoms with Gasteiger partial charge in [-0.2, -0.15) is 35.7 Å². The lowest BCUT2D eigenvalue weighted by Crippen LogP contribution is -2.26. The summed E-state index contributed by atoms with van der Waals surface area (Å²) < 4.78 is 116. The maximum absolute atomic E-state index is 13.5. The van der Waals surface area contributed by atoms with Gasteiger partial charge in [-0.05, 0) is 0 Å². The molecule has 162 valence electrons. The molecule has 16 heteroatoms. The van der Waals surface area contributed by atoms with Gasteiger partial charge in [0.1, 0.15) is 6.35 Å². The summed E-state index contributed by atoms with van der Waals surface area (Å²) in [7, 11) is -3.86. The molecule has 1 aromatic heterocycles. The second-order valence-electron chi connectivity index (χ2n) is 5.00. The predicted molar refractivity (Wildman–Crippen MR) is 77.4 cm³/mol. The van der Waals surface area contributed by atoms with Crippen molar-refractivity contribution in [3.8, 4) is 5.88 Å². The molecule has 0 radical (unpaired) electrons. The molecule has 28 heavy (non-hydrogen) atoms.